The molecule has 6 nitrogen and oxygen atoms in total. The maximum Gasteiger partial charge on any atom is 0.569 e. The van der Waals surface area contributed by atoms with Crippen molar-refractivity contribution in [2.45, 2.75) is 0 Å². The molecule has 4 aromatic heterocycles. The maximum absolute atomic E-state index is 8.94. The Balaban J connectivity index is 0.000000115. The van der Waals surface area contributed by atoms with Crippen molar-refractivity contribution in [3.05, 3.63) is 248 Å². The second-order valence-electron chi connectivity index (χ2n) is 18.9. The minimum atomic E-state index is 0.424. The van der Waals surface area contributed by atoms with Crippen molar-refractivity contribution in [2.24, 2.45) is 0 Å². The summed E-state index contributed by atoms with van der Waals surface area (Å²) in [5.41, 5.74) is 10.6. The molecule has 0 bridgehead atoms. The number of benzene rings is 12. The highest BCUT2D eigenvalue weighted by atomic mass is 35.5. The molecule has 16 rings (SSSR count). The van der Waals surface area contributed by atoms with Gasteiger partial charge in [-0.25, -0.2) is 9.97 Å². The lowest BCUT2D eigenvalue weighted by Crippen LogP contribution is -1.99. The average molecular weight is 1060 g/mol. The molecule has 0 unspecified atom stereocenters. The zero-order valence-electron chi connectivity index (χ0n) is 41.5. The lowest BCUT2D eigenvalue weighted by atomic mass is 9.99. The lowest BCUT2D eigenvalue weighted by Gasteiger charge is -2.10. The highest BCUT2D eigenvalue weighted by Crippen LogP contribution is 2.46. The first kappa shape index (κ1) is 47.4. The minimum absolute atomic E-state index is 0.424. The van der Waals surface area contributed by atoms with Gasteiger partial charge in [0.1, 0.15) is 10.9 Å². The van der Waals surface area contributed by atoms with Crippen LogP contribution in [0.5, 0.6) is 5.75 Å². The second kappa shape index (κ2) is 20.1. The van der Waals surface area contributed by atoms with Crippen LogP contribution >= 0.6 is 34.3 Å². The van der Waals surface area contributed by atoms with E-state index < -0.39 is 0 Å². The molecule has 1 N–H and O–H groups in total. The van der Waals surface area contributed by atoms with E-state index in [1.165, 1.54) is 74.1 Å². The molecule has 0 saturated heterocycles. The van der Waals surface area contributed by atoms with E-state index in [-0.39, 0.29) is 0 Å². The molecule has 12 aromatic carbocycles. The van der Waals surface area contributed by atoms with Crippen LogP contribution < -0.4 is 4.65 Å². The molecular formula is C68H41BClN4O2S2. The molecule has 367 valence electrons. The van der Waals surface area contributed by atoms with Gasteiger partial charge in [0.25, 0.3) is 0 Å². The first-order valence-electron chi connectivity index (χ1n) is 25.5. The quantitative estimate of drug-likeness (QED) is 0.137. The summed E-state index contributed by atoms with van der Waals surface area (Å²) >= 11 is 9.54. The monoisotopic (exact) mass is 1060 g/mol. The number of fused-ring (bicyclic) bond motifs is 18. The molecular weight excluding hydrogens is 1020 g/mol. The molecule has 0 amide bonds. The fourth-order valence-electron chi connectivity index (χ4n) is 11.0. The van der Waals surface area contributed by atoms with Crippen molar-refractivity contribution < 1.29 is 9.68 Å². The number of rotatable bonds is 5. The molecule has 10 heteroatoms. The summed E-state index contributed by atoms with van der Waals surface area (Å²) in [7, 11) is 0.733. The Bertz CT molecular complexity index is 4900. The third-order valence-corrected chi connectivity index (χ3v) is 17.2. The van der Waals surface area contributed by atoms with Gasteiger partial charge in [-0.05, 0) is 49.9 Å². The molecule has 0 aliphatic carbocycles. The smallest absolute Gasteiger partial charge is 0.536 e. The predicted molar refractivity (Wildman–Crippen MR) is 331 cm³/mol. The Hall–Kier alpha value is -9.09. The van der Waals surface area contributed by atoms with Gasteiger partial charge in [-0.1, -0.05) is 236 Å². The summed E-state index contributed by atoms with van der Waals surface area (Å²) in [5, 5.41) is 23.6. The summed E-state index contributed by atoms with van der Waals surface area (Å²) in [4.78, 5) is 19.2. The van der Waals surface area contributed by atoms with Gasteiger partial charge in [0, 0.05) is 62.8 Å². The van der Waals surface area contributed by atoms with Gasteiger partial charge < -0.3 is 9.68 Å². The first-order chi connectivity index (χ1) is 38.6. The van der Waals surface area contributed by atoms with Crippen LogP contribution in [0.3, 0.4) is 0 Å². The van der Waals surface area contributed by atoms with Crippen molar-refractivity contribution in [1.29, 1.82) is 0 Å². The van der Waals surface area contributed by atoms with E-state index in [1.54, 1.807) is 17.5 Å². The van der Waals surface area contributed by atoms with Crippen molar-refractivity contribution >= 4 is 147 Å². The van der Waals surface area contributed by atoms with E-state index in [1.807, 2.05) is 60.0 Å². The third kappa shape index (κ3) is 8.23. The van der Waals surface area contributed by atoms with Crippen molar-refractivity contribution in [3.8, 4) is 39.3 Å². The van der Waals surface area contributed by atoms with Crippen LogP contribution in [0.4, 0.5) is 0 Å². The van der Waals surface area contributed by atoms with Gasteiger partial charge in [-0.3, -0.25) is 9.97 Å². The molecule has 0 aliphatic rings. The molecule has 0 aliphatic heterocycles. The maximum atomic E-state index is 8.94. The van der Waals surface area contributed by atoms with Crippen LogP contribution in [0.1, 0.15) is 0 Å². The van der Waals surface area contributed by atoms with E-state index in [0.717, 1.165) is 72.6 Å². The summed E-state index contributed by atoms with van der Waals surface area (Å²) < 4.78 is 10.1. The van der Waals surface area contributed by atoms with Crippen LogP contribution in [0.2, 0.25) is 5.15 Å². The molecule has 4 heterocycles. The summed E-state index contributed by atoms with van der Waals surface area (Å²) in [6.45, 7) is 0. The molecule has 0 atom stereocenters. The minimum Gasteiger partial charge on any atom is -0.536 e. The van der Waals surface area contributed by atoms with E-state index in [0.29, 0.717) is 10.9 Å². The number of thiophene rings is 2. The van der Waals surface area contributed by atoms with Crippen LogP contribution in [0.15, 0.2) is 243 Å². The highest BCUT2D eigenvalue weighted by Gasteiger charge is 2.18. The number of hydrogen-bond acceptors (Lipinski definition) is 8. The lowest BCUT2D eigenvalue weighted by molar-refractivity contribution is 0.457. The van der Waals surface area contributed by atoms with Gasteiger partial charge in [0.15, 0.2) is 0 Å². The van der Waals surface area contributed by atoms with Gasteiger partial charge >= 0.3 is 7.69 Å². The Morgan fingerprint density at radius 3 is 1.18 bits per heavy atom. The highest BCUT2D eigenvalue weighted by molar-refractivity contribution is 7.27. The Labute approximate surface area is 461 Å². The number of nitrogens with zero attached hydrogens (tertiary/aromatic N) is 4. The fourth-order valence-corrected chi connectivity index (χ4v) is 13.8. The number of hydrogen-bond donors (Lipinski definition) is 1. The van der Waals surface area contributed by atoms with Crippen LogP contribution in [0.25, 0.3) is 139 Å². The van der Waals surface area contributed by atoms with Crippen molar-refractivity contribution in [3.63, 3.8) is 0 Å². The number of halogens is 1. The molecule has 1 radical (unpaired) electrons. The Kier molecular flexibility index (Phi) is 12.2. The standard InChI is InChI=1S/C34H20N2S.C18H12BO2S.C16H9ClN2/c1-2-10-21(11-3-1)22-16-8-17-27-28-18-9-19-29(34(28)37-33(22)27)30-20-35-31-25-14-6-4-12-23(25)24-13-5-7-15-26(24)32(31)36-30;20-19-21-16-11-5-10-15-14-9-4-8-13(17(14)22-18(15)16)12-6-2-1-3-7-12;17-14-9-18-15-12-7-3-1-5-10(12)11-6-2-4-8-13(11)16(15)19-14/h1-20H;1-11,20H;1-9H. The van der Waals surface area contributed by atoms with Gasteiger partial charge in [-0.15, -0.1) is 22.7 Å². The zero-order chi connectivity index (χ0) is 52.1. The first-order valence-corrected chi connectivity index (χ1v) is 27.5. The van der Waals surface area contributed by atoms with Crippen LogP contribution in [-0.4, -0.2) is 32.6 Å². The molecule has 16 aromatic rings. The predicted octanol–water partition coefficient (Wildman–Crippen LogP) is 18.9. The Morgan fingerprint density at radius 2 is 0.692 bits per heavy atom. The van der Waals surface area contributed by atoms with Gasteiger partial charge in [-0.2, -0.15) is 0 Å². The van der Waals surface area contributed by atoms with E-state index in [9.17, 15) is 0 Å². The SMILES string of the molecule is Clc1cnc2c3ccccc3c3ccccc3c2n1.O[B]Oc1cccc2c1sc1c(-c3ccccc3)cccc12.c1ccc(-c2cccc3c2sc2c(-c4cnc5c6ccccc6c6ccccc6c5n4)cccc23)cc1. The van der Waals surface area contributed by atoms with E-state index >= 15 is 0 Å². The Morgan fingerprint density at radius 1 is 0.333 bits per heavy atom. The zero-order valence-corrected chi connectivity index (χ0v) is 43.9. The van der Waals surface area contributed by atoms with Crippen molar-refractivity contribution in [2.75, 3.05) is 0 Å². The average Bonchev–Trinajstić information content (AvgIpc) is 4.14. The summed E-state index contributed by atoms with van der Waals surface area (Å²) in [6.07, 6.45) is 3.55. The van der Waals surface area contributed by atoms with E-state index in [2.05, 4.69) is 198 Å². The largest absolute Gasteiger partial charge is 0.569 e. The normalized spacial score (nSPS) is 11.5. The third-order valence-electron chi connectivity index (χ3n) is 14.5. The molecule has 0 spiro atoms. The van der Waals surface area contributed by atoms with Crippen LogP contribution in [-0.2, 0) is 0 Å². The molecule has 0 fully saturated rings. The number of aromatic nitrogens is 4. The van der Waals surface area contributed by atoms with Gasteiger partial charge in [0.05, 0.1) is 44.9 Å². The van der Waals surface area contributed by atoms with E-state index in [4.69, 9.17) is 31.2 Å². The topological polar surface area (TPSA) is 81.0 Å². The van der Waals surface area contributed by atoms with Crippen LogP contribution in [0, 0.1) is 0 Å². The molecule has 0 saturated carbocycles. The second-order valence-corrected chi connectivity index (χ2v) is 21.3. The molecule has 78 heavy (non-hydrogen) atoms. The summed E-state index contributed by atoms with van der Waals surface area (Å²) in [6, 6.07) is 80.0. The van der Waals surface area contributed by atoms with Gasteiger partial charge in [0.2, 0.25) is 0 Å². The van der Waals surface area contributed by atoms with Crippen molar-refractivity contribution in [1.82, 2.24) is 19.9 Å². The fraction of sp³-hybridized carbons (Fsp3) is 0. The summed E-state index contributed by atoms with van der Waals surface area (Å²) in [5.74, 6) is 0.681.